The van der Waals surface area contributed by atoms with Gasteiger partial charge in [0.25, 0.3) is 11.6 Å². The van der Waals surface area contributed by atoms with E-state index >= 15 is 0 Å². The van der Waals surface area contributed by atoms with Gasteiger partial charge >= 0.3 is 0 Å². The van der Waals surface area contributed by atoms with Crippen LogP contribution in [-0.4, -0.2) is 23.3 Å². The van der Waals surface area contributed by atoms with E-state index in [0.29, 0.717) is 24.2 Å². The first kappa shape index (κ1) is 18.6. The number of carbonyl (C=O) groups is 2. The van der Waals surface area contributed by atoms with Gasteiger partial charge in [-0.25, -0.2) is 0 Å². The van der Waals surface area contributed by atoms with Crippen molar-refractivity contribution in [2.24, 2.45) is 0 Å². The molecule has 0 unspecified atom stereocenters. The molecular weight excluding hydrogens is 370 g/mol. The number of non-ortho nitro benzene ring substituents is 1. The highest BCUT2D eigenvalue weighted by Crippen LogP contribution is 2.37. The maximum atomic E-state index is 12.8. The lowest BCUT2D eigenvalue weighted by molar-refractivity contribution is -0.384. The van der Waals surface area contributed by atoms with Gasteiger partial charge in [0.15, 0.2) is 0 Å². The Labute approximate surface area is 167 Å². The van der Waals surface area contributed by atoms with E-state index in [1.54, 1.807) is 17.9 Å². The number of nitrogens with one attached hydrogen (secondary N) is 1. The summed E-state index contributed by atoms with van der Waals surface area (Å²) >= 11 is 0. The number of hydrogen-bond acceptors (Lipinski definition) is 4. The highest BCUT2D eigenvalue weighted by atomic mass is 16.6. The number of aryl methyl sites for hydroxylation is 1. The molecule has 1 aliphatic heterocycles. The van der Waals surface area contributed by atoms with Gasteiger partial charge in [0.1, 0.15) is 0 Å². The summed E-state index contributed by atoms with van der Waals surface area (Å²) in [5.41, 5.74) is 2.67. The normalized spacial score (nSPS) is 12.4. The number of benzene rings is 3. The van der Waals surface area contributed by atoms with Crippen LogP contribution in [0.4, 0.5) is 17.1 Å². The Bertz CT molecular complexity index is 1150. The molecule has 29 heavy (non-hydrogen) atoms. The maximum absolute atomic E-state index is 12.8. The molecule has 7 nitrogen and oxygen atoms in total. The fraction of sp³-hybridized carbons (Fsp3) is 0.182. The third-order valence-electron chi connectivity index (χ3n) is 5.14. The lowest BCUT2D eigenvalue weighted by Gasteiger charge is -2.17. The molecule has 1 heterocycles. The predicted molar refractivity (Wildman–Crippen MR) is 111 cm³/mol. The summed E-state index contributed by atoms with van der Waals surface area (Å²) in [6, 6.07) is 15.9. The minimum atomic E-state index is -0.494. The zero-order valence-corrected chi connectivity index (χ0v) is 15.8. The molecule has 0 saturated carbocycles. The van der Waals surface area contributed by atoms with Gasteiger partial charge in [0.05, 0.1) is 16.3 Å². The van der Waals surface area contributed by atoms with Crippen molar-refractivity contribution >= 4 is 39.6 Å². The SMILES string of the molecule is Cc1ccc([N+](=O)[O-])cc1NC(=O)CCCN1C(=O)c2cccc3cccc1c23. The molecule has 0 saturated heterocycles. The standard InChI is InChI=1S/C22H19N3O4/c1-14-10-11-16(25(28)29)13-18(14)23-20(26)9-4-12-24-19-8-3-6-15-5-2-7-17(21(15)19)22(24)27/h2-3,5-8,10-11,13H,4,9,12H2,1H3,(H,23,26). The van der Waals surface area contributed by atoms with Crippen LogP contribution in [0.5, 0.6) is 0 Å². The van der Waals surface area contributed by atoms with E-state index in [0.717, 1.165) is 22.0 Å². The Morgan fingerprint density at radius 3 is 2.66 bits per heavy atom. The maximum Gasteiger partial charge on any atom is 0.271 e. The van der Waals surface area contributed by atoms with Crippen LogP contribution in [-0.2, 0) is 4.79 Å². The second-order valence-electron chi connectivity index (χ2n) is 7.05. The van der Waals surface area contributed by atoms with Gasteiger partial charge in [-0.3, -0.25) is 19.7 Å². The van der Waals surface area contributed by atoms with Crippen LogP contribution in [0.3, 0.4) is 0 Å². The molecule has 0 aliphatic carbocycles. The molecule has 7 heteroatoms. The van der Waals surface area contributed by atoms with Crippen molar-refractivity contribution in [3.8, 4) is 0 Å². The molecule has 0 spiro atoms. The first-order chi connectivity index (χ1) is 14.0. The summed E-state index contributed by atoms with van der Waals surface area (Å²) in [5.74, 6) is -0.289. The molecule has 3 aromatic rings. The molecule has 2 amide bonds. The van der Waals surface area contributed by atoms with Crippen molar-refractivity contribution in [2.75, 3.05) is 16.8 Å². The van der Waals surface area contributed by atoms with Crippen molar-refractivity contribution in [3.05, 3.63) is 75.8 Å². The van der Waals surface area contributed by atoms with E-state index in [1.807, 2.05) is 36.4 Å². The van der Waals surface area contributed by atoms with E-state index in [2.05, 4.69) is 5.32 Å². The Morgan fingerprint density at radius 2 is 1.90 bits per heavy atom. The number of nitrogens with zero attached hydrogens (tertiary/aromatic N) is 2. The number of rotatable bonds is 6. The van der Waals surface area contributed by atoms with Gasteiger partial charge in [0, 0.05) is 36.0 Å². The predicted octanol–water partition coefficient (Wildman–Crippen LogP) is 4.44. The van der Waals surface area contributed by atoms with E-state index in [9.17, 15) is 19.7 Å². The Kier molecular flexibility index (Phi) is 4.72. The molecule has 0 aromatic heterocycles. The highest BCUT2D eigenvalue weighted by Gasteiger charge is 2.29. The monoisotopic (exact) mass is 389 g/mol. The molecule has 0 radical (unpaired) electrons. The van der Waals surface area contributed by atoms with Crippen LogP contribution in [0.1, 0.15) is 28.8 Å². The van der Waals surface area contributed by atoms with Gasteiger partial charge in [0.2, 0.25) is 5.91 Å². The quantitative estimate of drug-likeness (QED) is 0.498. The zero-order valence-electron chi connectivity index (χ0n) is 15.8. The van der Waals surface area contributed by atoms with Gasteiger partial charge in [-0.05, 0) is 36.4 Å². The highest BCUT2D eigenvalue weighted by molar-refractivity contribution is 6.25. The molecule has 0 bridgehead atoms. The number of amides is 2. The van der Waals surface area contributed by atoms with E-state index in [-0.39, 0.29) is 23.9 Å². The van der Waals surface area contributed by atoms with Crippen LogP contribution >= 0.6 is 0 Å². The summed E-state index contributed by atoms with van der Waals surface area (Å²) in [7, 11) is 0. The lowest BCUT2D eigenvalue weighted by atomic mass is 10.1. The molecule has 1 N–H and O–H groups in total. The van der Waals surface area contributed by atoms with Crippen LogP contribution in [0.25, 0.3) is 10.8 Å². The van der Waals surface area contributed by atoms with Crippen LogP contribution in [0, 0.1) is 17.0 Å². The molecule has 0 atom stereocenters. The van der Waals surface area contributed by atoms with Gasteiger partial charge < -0.3 is 10.2 Å². The summed E-state index contributed by atoms with van der Waals surface area (Å²) < 4.78 is 0. The summed E-state index contributed by atoms with van der Waals surface area (Å²) in [5, 5.41) is 15.6. The number of anilines is 2. The molecule has 146 valence electrons. The second-order valence-corrected chi connectivity index (χ2v) is 7.05. The first-order valence-electron chi connectivity index (χ1n) is 9.34. The van der Waals surface area contributed by atoms with E-state index in [1.165, 1.54) is 12.1 Å². The van der Waals surface area contributed by atoms with Crippen LogP contribution < -0.4 is 10.2 Å². The average Bonchev–Trinajstić information content (AvgIpc) is 2.97. The summed E-state index contributed by atoms with van der Waals surface area (Å²) in [6.45, 7) is 2.20. The number of carbonyl (C=O) groups excluding carboxylic acids is 2. The first-order valence-corrected chi connectivity index (χ1v) is 9.34. The fourth-order valence-corrected chi connectivity index (χ4v) is 3.67. The Balaban J connectivity index is 1.41. The van der Waals surface area contributed by atoms with Crippen molar-refractivity contribution in [1.82, 2.24) is 0 Å². The second kappa shape index (κ2) is 7.35. The average molecular weight is 389 g/mol. The smallest absolute Gasteiger partial charge is 0.271 e. The Morgan fingerprint density at radius 1 is 1.14 bits per heavy atom. The summed E-state index contributed by atoms with van der Waals surface area (Å²) in [4.78, 5) is 37.2. The van der Waals surface area contributed by atoms with Crippen LogP contribution in [0.15, 0.2) is 54.6 Å². The van der Waals surface area contributed by atoms with Gasteiger partial charge in [-0.2, -0.15) is 0 Å². The number of nitro groups is 1. The van der Waals surface area contributed by atoms with Crippen molar-refractivity contribution in [3.63, 3.8) is 0 Å². The Hall–Kier alpha value is -3.74. The van der Waals surface area contributed by atoms with Crippen LogP contribution in [0.2, 0.25) is 0 Å². The minimum absolute atomic E-state index is 0.0493. The van der Waals surface area contributed by atoms with Crippen molar-refractivity contribution < 1.29 is 14.5 Å². The third-order valence-corrected chi connectivity index (χ3v) is 5.14. The molecular formula is C22H19N3O4. The van der Waals surface area contributed by atoms with E-state index < -0.39 is 4.92 Å². The molecule has 4 rings (SSSR count). The van der Waals surface area contributed by atoms with Gasteiger partial charge in [-0.1, -0.05) is 30.3 Å². The molecule has 0 fully saturated rings. The van der Waals surface area contributed by atoms with E-state index in [4.69, 9.17) is 0 Å². The topological polar surface area (TPSA) is 92.6 Å². The zero-order chi connectivity index (χ0) is 20.5. The largest absolute Gasteiger partial charge is 0.326 e. The number of hydrogen-bond donors (Lipinski definition) is 1. The molecule has 1 aliphatic rings. The summed E-state index contributed by atoms with van der Waals surface area (Å²) in [6.07, 6.45) is 0.689. The number of nitro benzene ring substituents is 1. The van der Waals surface area contributed by atoms with Crippen molar-refractivity contribution in [2.45, 2.75) is 19.8 Å². The minimum Gasteiger partial charge on any atom is -0.326 e. The lowest BCUT2D eigenvalue weighted by Crippen LogP contribution is -2.28. The third kappa shape index (κ3) is 3.42. The van der Waals surface area contributed by atoms with Crippen molar-refractivity contribution in [1.29, 1.82) is 0 Å². The molecule has 3 aromatic carbocycles. The fourth-order valence-electron chi connectivity index (χ4n) is 3.67. The van der Waals surface area contributed by atoms with Gasteiger partial charge in [-0.15, -0.1) is 0 Å².